The zero-order valence-electron chi connectivity index (χ0n) is 9.78. The highest BCUT2D eigenvalue weighted by molar-refractivity contribution is 4.71. The third-order valence-corrected chi connectivity index (χ3v) is 3.46. The molecule has 0 aliphatic heterocycles. The van der Waals surface area contributed by atoms with E-state index in [2.05, 4.69) is 12.2 Å². The summed E-state index contributed by atoms with van der Waals surface area (Å²) in [4.78, 5) is 0. The maximum atomic E-state index is 9.12. The molecule has 0 amide bonds. The molecule has 0 aromatic heterocycles. The lowest BCUT2D eigenvalue weighted by atomic mass is 9.81. The van der Waals surface area contributed by atoms with E-state index in [-0.39, 0.29) is 6.61 Å². The molecule has 0 heterocycles. The summed E-state index contributed by atoms with van der Waals surface area (Å²) in [5.41, 5.74) is 0. The molecule has 0 saturated heterocycles. The van der Waals surface area contributed by atoms with Crippen molar-refractivity contribution in [3.05, 3.63) is 0 Å². The summed E-state index contributed by atoms with van der Waals surface area (Å²) >= 11 is 0. The van der Waals surface area contributed by atoms with Crippen LogP contribution in [0.3, 0.4) is 0 Å². The Bertz CT molecular complexity index is 156. The molecule has 1 aliphatic carbocycles. The molecular formula is C12H25NO2. The van der Waals surface area contributed by atoms with Gasteiger partial charge in [-0.05, 0) is 24.8 Å². The van der Waals surface area contributed by atoms with Crippen molar-refractivity contribution in [2.75, 3.05) is 19.7 Å². The normalized spacial score (nSPS) is 29.0. The number of aliphatic hydroxyl groups is 2. The Hall–Kier alpha value is -0.120. The van der Waals surface area contributed by atoms with Gasteiger partial charge in [0, 0.05) is 6.54 Å². The Morgan fingerprint density at radius 1 is 1.27 bits per heavy atom. The largest absolute Gasteiger partial charge is 0.394 e. The van der Waals surface area contributed by atoms with E-state index in [1.165, 1.54) is 32.1 Å². The van der Waals surface area contributed by atoms with Gasteiger partial charge in [0.25, 0.3) is 0 Å². The molecule has 0 aromatic carbocycles. The Balaban J connectivity index is 1.96. The second-order valence-corrected chi connectivity index (χ2v) is 4.96. The molecule has 90 valence electrons. The van der Waals surface area contributed by atoms with E-state index in [0.717, 1.165) is 18.4 Å². The van der Waals surface area contributed by atoms with Crippen molar-refractivity contribution < 1.29 is 10.2 Å². The zero-order chi connectivity index (χ0) is 11.1. The van der Waals surface area contributed by atoms with Crippen LogP contribution in [0.15, 0.2) is 0 Å². The monoisotopic (exact) mass is 215 g/mol. The van der Waals surface area contributed by atoms with Crippen LogP contribution in [0.5, 0.6) is 0 Å². The van der Waals surface area contributed by atoms with E-state index in [9.17, 15) is 0 Å². The average Bonchev–Trinajstić information content (AvgIpc) is 2.26. The number of hydrogen-bond acceptors (Lipinski definition) is 3. The van der Waals surface area contributed by atoms with Crippen molar-refractivity contribution >= 4 is 0 Å². The third-order valence-electron chi connectivity index (χ3n) is 3.46. The van der Waals surface area contributed by atoms with E-state index in [4.69, 9.17) is 10.2 Å². The highest BCUT2D eigenvalue weighted by atomic mass is 16.3. The zero-order valence-corrected chi connectivity index (χ0v) is 9.78. The molecule has 0 spiro atoms. The summed E-state index contributed by atoms with van der Waals surface area (Å²) < 4.78 is 0. The van der Waals surface area contributed by atoms with Gasteiger partial charge < -0.3 is 15.5 Å². The Kier molecular flexibility index (Phi) is 6.22. The van der Waals surface area contributed by atoms with Crippen molar-refractivity contribution in [1.82, 2.24) is 5.32 Å². The third kappa shape index (κ3) is 5.50. The molecule has 1 atom stereocenters. The molecule has 0 radical (unpaired) electrons. The minimum absolute atomic E-state index is 0.145. The molecule has 15 heavy (non-hydrogen) atoms. The molecular weight excluding hydrogens is 190 g/mol. The fraction of sp³-hybridized carbons (Fsp3) is 1.00. The lowest BCUT2D eigenvalue weighted by Crippen LogP contribution is -2.31. The standard InChI is InChI=1S/C12H25NO2/c1-10-2-4-11(5-3-10)6-7-13-8-12(15)9-14/h10-15H,2-9H2,1H3. The molecule has 0 bridgehead atoms. The Morgan fingerprint density at radius 3 is 2.53 bits per heavy atom. The SMILES string of the molecule is CC1CCC(CCNCC(O)CO)CC1. The van der Waals surface area contributed by atoms with E-state index in [1.807, 2.05) is 0 Å². The molecule has 1 saturated carbocycles. The highest BCUT2D eigenvalue weighted by Gasteiger charge is 2.17. The van der Waals surface area contributed by atoms with Gasteiger partial charge in [-0.15, -0.1) is 0 Å². The summed E-state index contributed by atoms with van der Waals surface area (Å²) in [5, 5.41) is 20.9. The minimum Gasteiger partial charge on any atom is -0.394 e. The van der Waals surface area contributed by atoms with Crippen molar-refractivity contribution in [3.8, 4) is 0 Å². The Labute approximate surface area is 92.9 Å². The van der Waals surface area contributed by atoms with Crippen LogP contribution >= 0.6 is 0 Å². The average molecular weight is 215 g/mol. The lowest BCUT2D eigenvalue weighted by molar-refractivity contribution is 0.0940. The van der Waals surface area contributed by atoms with Crippen molar-refractivity contribution in [2.24, 2.45) is 11.8 Å². The van der Waals surface area contributed by atoms with Crippen LogP contribution in [-0.2, 0) is 0 Å². The first kappa shape index (κ1) is 12.9. The maximum absolute atomic E-state index is 9.12. The van der Waals surface area contributed by atoms with Gasteiger partial charge in [-0.3, -0.25) is 0 Å². The summed E-state index contributed by atoms with van der Waals surface area (Å²) in [6.07, 6.45) is 6.10. The summed E-state index contributed by atoms with van der Waals surface area (Å²) in [6, 6.07) is 0. The van der Waals surface area contributed by atoms with E-state index < -0.39 is 6.10 Å². The summed E-state index contributed by atoms with van der Waals surface area (Å²) in [5.74, 6) is 1.80. The second kappa shape index (κ2) is 7.20. The van der Waals surface area contributed by atoms with Crippen molar-refractivity contribution in [1.29, 1.82) is 0 Å². The summed E-state index contributed by atoms with van der Waals surface area (Å²) in [6.45, 7) is 3.68. The van der Waals surface area contributed by atoms with Gasteiger partial charge in [0.15, 0.2) is 0 Å². The predicted octanol–water partition coefficient (Wildman–Crippen LogP) is 1.15. The first-order valence-electron chi connectivity index (χ1n) is 6.22. The van der Waals surface area contributed by atoms with Crippen LogP contribution < -0.4 is 5.32 Å². The lowest BCUT2D eigenvalue weighted by Gasteiger charge is -2.26. The highest BCUT2D eigenvalue weighted by Crippen LogP contribution is 2.29. The van der Waals surface area contributed by atoms with Crippen LogP contribution in [0.4, 0.5) is 0 Å². The van der Waals surface area contributed by atoms with Crippen molar-refractivity contribution in [3.63, 3.8) is 0 Å². The van der Waals surface area contributed by atoms with Crippen LogP contribution in [0, 0.1) is 11.8 Å². The smallest absolute Gasteiger partial charge is 0.0894 e. The first-order chi connectivity index (χ1) is 7.22. The van der Waals surface area contributed by atoms with Gasteiger partial charge in [-0.25, -0.2) is 0 Å². The molecule has 1 aliphatic rings. The minimum atomic E-state index is -0.601. The first-order valence-corrected chi connectivity index (χ1v) is 6.22. The maximum Gasteiger partial charge on any atom is 0.0894 e. The number of nitrogens with one attached hydrogen (secondary N) is 1. The number of rotatable bonds is 6. The van der Waals surface area contributed by atoms with Gasteiger partial charge >= 0.3 is 0 Å². The molecule has 3 heteroatoms. The number of hydrogen-bond donors (Lipinski definition) is 3. The van der Waals surface area contributed by atoms with Gasteiger partial charge in [-0.2, -0.15) is 0 Å². The quantitative estimate of drug-likeness (QED) is 0.583. The Morgan fingerprint density at radius 2 is 1.93 bits per heavy atom. The molecule has 3 N–H and O–H groups in total. The van der Waals surface area contributed by atoms with Gasteiger partial charge in [0.05, 0.1) is 12.7 Å². The topological polar surface area (TPSA) is 52.5 Å². The van der Waals surface area contributed by atoms with Crippen LogP contribution in [0.25, 0.3) is 0 Å². The molecule has 3 nitrogen and oxygen atoms in total. The molecule has 0 aromatic rings. The second-order valence-electron chi connectivity index (χ2n) is 4.96. The van der Waals surface area contributed by atoms with E-state index in [1.54, 1.807) is 0 Å². The molecule has 1 rings (SSSR count). The fourth-order valence-electron chi connectivity index (χ4n) is 2.26. The summed E-state index contributed by atoms with van der Waals surface area (Å²) in [7, 11) is 0. The van der Waals surface area contributed by atoms with Gasteiger partial charge in [0.1, 0.15) is 0 Å². The van der Waals surface area contributed by atoms with Crippen LogP contribution in [0.2, 0.25) is 0 Å². The van der Waals surface area contributed by atoms with Gasteiger partial charge in [0.2, 0.25) is 0 Å². The van der Waals surface area contributed by atoms with E-state index >= 15 is 0 Å². The van der Waals surface area contributed by atoms with E-state index in [0.29, 0.717) is 6.54 Å². The fourth-order valence-corrected chi connectivity index (χ4v) is 2.26. The van der Waals surface area contributed by atoms with Crippen molar-refractivity contribution in [2.45, 2.75) is 45.1 Å². The molecule has 1 fully saturated rings. The van der Waals surface area contributed by atoms with Gasteiger partial charge in [-0.1, -0.05) is 32.6 Å². The van der Waals surface area contributed by atoms with Crippen LogP contribution in [0.1, 0.15) is 39.0 Å². The number of aliphatic hydroxyl groups excluding tert-OH is 2. The molecule has 1 unspecified atom stereocenters. The predicted molar refractivity (Wildman–Crippen MR) is 61.7 cm³/mol. The van der Waals surface area contributed by atoms with Crippen LogP contribution in [-0.4, -0.2) is 36.0 Å².